The van der Waals surface area contributed by atoms with Crippen LogP contribution >= 0.6 is 0 Å². The van der Waals surface area contributed by atoms with Gasteiger partial charge in [-0.3, -0.25) is 9.13 Å². The summed E-state index contributed by atoms with van der Waals surface area (Å²) in [6, 6.07) is 61.4. The summed E-state index contributed by atoms with van der Waals surface area (Å²) < 4.78 is 4.35. The molecule has 0 N–H and O–H groups in total. The highest BCUT2D eigenvalue weighted by atomic mass is 15.3. The molecule has 0 saturated carbocycles. The van der Waals surface area contributed by atoms with E-state index in [0.29, 0.717) is 17.7 Å². The zero-order valence-corrected chi connectivity index (χ0v) is 27.0. The molecule has 0 aliphatic carbocycles. The highest BCUT2D eigenvalue weighted by Crippen LogP contribution is 2.37. The number of para-hydroxylation sites is 4. The van der Waals surface area contributed by atoms with Crippen LogP contribution < -0.4 is 0 Å². The minimum atomic E-state index is 0.565. The van der Waals surface area contributed by atoms with Crippen molar-refractivity contribution >= 4 is 43.6 Å². The molecule has 0 spiro atoms. The number of rotatable bonds is 5. The van der Waals surface area contributed by atoms with E-state index in [1.807, 2.05) is 12.1 Å². The van der Waals surface area contributed by atoms with Crippen molar-refractivity contribution in [2.45, 2.75) is 0 Å². The van der Waals surface area contributed by atoms with E-state index < -0.39 is 0 Å². The van der Waals surface area contributed by atoms with E-state index in [1.54, 1.807) is 0 Å². The second kappa shape index (κ2) is 11.4. The highest BCUT2D eigenvalue weighted by molar-refractivity contribution is 6.10. The van der Waals surface area contributed by atoms with Gasteiger partial charge in [0.25, 0.3) is 0 Å². The first kappa shape index (κ1) is 28.2. The molecule has 3 heterocycles. The number of fused-ring (bicyclic) bond motifs is 6. The summed E-state index contributed by atoms with van der Waals surface area (Å²) in [6.07, 6.45) is 0. The fraction of sp³-hybridized carbons (Fsp3) is 0. The summed E-state index contributed by atoms with van der Waals surface area (Å²) in [6.45, 7) is 0. The van der Waals surface area contributed by atoms with Crippen molar-refractivity contribution in [2.75, 3.05) is 0 Å². The van der Waals surface area contributed by atoms with E-state index in [0.717, 1.165) is 71.4 Å². The van der Waals surface area contributed by atoms with E-state index in [-0.39, 0.29) is 0 Å². The van der Waals surface area contributed by atoms with E-state index in [4.69, 9.17) is 15.0 Å². The van der Waals surface area contributed by atoms with Gasteiger partial charge in [-0.05, 0) is 58.7 Å². The molecule has 10 aromatic rings. The summed E-state index contributed by atoms with van der Waals surface area (Å²) in [5.74, 6) is 1.73. The predicted octanol–water partition coefficient (Wildman–Crippen LogP) is 11.1. The SMILES string of the molecule is c1ccc(-c2ccc(-c3nc(-n4c5ccccc5c5ccccc54)nc(-n4c5ccccc5c5ccccc54)n3)c(-c3ccccc3)c2)cc1. The molecule has 5 heteroatoms. The van der Waals surface area contributed by atoms with Crippen LogP contribution in [-0.2, 0) is 0 Å². The second-order valence-electron chi connectivity index (χ2n) is 12.5. The number of benzene rings is 7. The third kappa shape index (κ3) is 4.45. The maximum absolute atomic E-state index is 5.33. The van der Waals surface area contributed by atoms with E-state index >= 15 is 0 Å². The smallest absolute Gasteiger partial charge is 0.240 e. The molecular weight excluding hydrogens is 611 g/mol. The van der Waals surface area contributed by atoms with Crippen molar-refractivity contribution in [3.63, 3.8) is 0 Å². The molecule has 0 fully saturated rings. The maximum Gasteiger partial charge on any atom is 0.240 e. The van der Waals surface area contributed by atoms with E-state index in [1.165, 1.54) is 0 Å². The number of hydrogen-bond donors (Lipinski definition) is 0. The second-order valence-corrected chi connectivity index (χ2v) is 12.5. The van der Waals surface area contributed by atoms with Crippen LogP contribution in [-0.4, -0.2) is 24.1 Å². The Hall–Kier alpha value is -6.85. The Kier molecular flexibility index (Phi) is 6.42. The highest BCUT2D eigenvalue weighted by Gasteiger charge is 2.21. The Balaban J connectivity index is 1.31. The molecule has 0 saturated heterocycles. The number of aromatic nitrogens is 5. The van der Waals surface area contributed by atoms with Gasteiger partial charge in [-0.15, -0.1) is 0 Å². The Morgan fingerprint density at radius 1 is 0.300 bits per heavy atom. The van der Waals surface area contributed by atoms with Crippen LogP contribution in [0.15, 0.2) is 176 Å². The van der Waals surface area contributed by atoms with Gasteiger partial charge in [0.1, 0.15) is 0 Å². The van der Waals surface area contributed by atoms with Gasteiger partial charge in [0.2, 0.25) is 11.9 Å². The molecule has 3 aromatic heterocycles. The van der Waals surface area contributed by atoms with Gasteiger partial charge in [-0.1, -0.05) is 140 Å². The maximum atomic E-state index is 5.33. The zero-order chi connectivity index (χ0) is 33.0. The first-order valence-electron chi connectivity index (χ1n) is 16.8. The molecule has 0 unspecified atom stereocenters. The topological polar surface area (TPSA) is 48.5 Å². The third-order valence-electron chi connectivity index (χ3n) is 9.62. The lowest BCUT2D eigenvalue weighted by Gasteiger charge is -2.15. The van der Waals surface area contributed by atoms with Crippen LogP contribution in [0, 0.1) is 0 Å². The monoisotopic (exact) mass is 639 g/mol. The van der Waals surface area contributed by atoms with Crippen molar-refractivity contribution in [1.82, 2.24) is 24.1 Å². The molecule has 0 aliphatic rings. The molecule has 0 bridgehead atoms. The van der Waals surface area contributed by atoms with Crippen LogP contribution in [0.2, 0.25) is 0 Å². The van der Waals surface area contributed by atoms with Crippen LogP contribution in [0.3, 0.4) is 0 Å². The average molecular weight is 640 g/mol. The van der Waals surface area contributed by atoms with E-state index in [9.17, 15) is 0 Å². The molecule has 0 atom stereocenters. The summed E-state index contributed by atoms with van der Waals surface area (Å²) in [5, 5.41) is 4.61. The van der Waals surface area contributed by atoms with Gasteiger partial charge in [0.05, 0.1) is 22.1 Å². The quantitative estimate of drug-likeness (QED) is 0.188. The van der Waals surface area contributed by atoms with Crippen molar-refractivity contribution < 1.29 is 0 Å². The Morgan fingerprint density at radius 3 is 1.16 bits per heavy atom. The first-order valence-corrected chi connectivity index (χ1v) is 16.8. The minimum absolute atomic E-state index is 0.565. The summed E-state index contributed by atoms with van der Waals surface area (Å²) >= 11 is 0. The third-order valence-corrected chi connectivity index (χ3v) is 9.62. The Morgan fingerprint density at radius 2 is 0.700 bits per heavy atom. The first-order chi connectivity index (χ1) is 24.8. The molecule has 0 aliphatic heterocycles. The van der Waals surface area contributed by atoms with Gasteiger partial charge in [-0.25, -0.2) is 0 Å². The Labute approximate surface area is 288 Å². The van der Waals surface area contributed by atoms with Crippen LogP contribution in [0.1, 0.15) is 0 Å². The van der Waals surface area contributed by atoms with Gasteiger partial charge in [0.15, 0.2) is 5.82 Å². The molecule has 234 valence electrons. The normalized spacial score (nSPS) is 11.6. The fourth-order valence-electron chi connectivity index (χ4n) is 7.36. The van der Waals surface area contributed by atoms with Crippen LogP contribution in [0.4, 0.5) is 0 Å². The Bertz CT molecular complexity index is 2630. The summed E-state index contributed by atoms with van der Waals surface area (Å²) in [5.41, 5.74) is 9.54. The standard InChI is InChI=1S/C45H29N5/c1-3-15-30(16-4-1)32-27-28-37(38(29-32)31-17-5-2-6-18-31)43-46-44(49-39-23-11-7-19-33(39)34-20-8-12-24-40(34)49)48-45(47-43)50-41-25-13-9-21-35(41)36-22-10-14-26-42(36)50/h1-29H. The predicted molar refractivity (Wildman–Crippen MR) is 205 cm³/mol. The lowest BCUT2D eigenvalue weighted by atomic mass is 9.94. The molecule has 5 nitrogen and oxygen atoms in total. The molecule has 7 aromatic carbocycles. The summed E-state index contributed by atoms with van der Waals surface area (Å²) in [7, 11) is 0. The van der Waals surface area contributed by atoms with Gasteiger partial charge < -0.3 is 0 Å². The minimum Gasteiger partial charge on any atom is -0.278 e. The van der Waals surface area contributed by atoms with Gasteiger partial charge in [-0.2, -0.15) is 15.0 Å². The zero-order valence-electron chi connectivity index (χ0n) is 27.0. The number of hydrogen-bond acceptors (Lipinski definition) is 3. The van der Waals surface area contributed by atoms with Crippen molar-refractivity contribution in [3.05, 3.63) is 176 Å². The van der Waals surface area contributed by atoms with Gasteiger partial charge in [0, 0.05) is 27.1 Å². The van der Waals surface area contributed by atoms with Gasteiger partial charge >= 0.3 is 0 Å². The van der Waals surface area contributed by atoms with Crippen LogP contribution in [0.5, 0.6) is 0 Å². The van der Waals surface area contributed by atoms with E-state index in [2.05, 4.69) is 173 Å². The molecule has 10 rings (SSSR count). The largest absolute Gasteiger partial charge is 0.278 e. The molecule has 50 heavy (non-hydrogen) atoms. The lowest BCUT2D eigenvalue weighted by Crippen LogP contribution is -2.10. The molecule has 0 radical (unpaired) electrons. The average Bonchev–Trinajstić information content (AvgIpc) is 3.71. The number of nitrogens with zero attached hydrogens (tertiary/aromatic N) is 5. The van der Waals surface area contributed by atoms with Crippen molar-refractivity contribution in [3.8, 4) is 45.5 Å². The van der Waals surface area contributed by atoms with Crippen molar-refractivity contribution in [1.29, 1.82) is 0 Å². The molecular formula is C45H29N5. The fourth-order valence-corrected chi connectivity index (χ4v) is 7.36. The summed E-state index contributed by atoms with van der Waals surface area (Å²) in [4.78, 5) is 16.0. The van der Waals surface area contributed by atoms with Crippen LogP contribution in [0.25, 0.3) is 89.2 Å². The molecule has 0 amide bonds. The lowest BCUT2D eigenvalue weighted by molar-refractivity contribution is 0.893. The van der Waals surface area contributed by atoms with Crippen molar-refractivity contribution in [2.24, 2.45) is 0 Å².